The number of halogens is 1. The van der Waals surface area contributed by atoms with E-state index in [2.05, 4.69) is 37.2 Å². The molecule has 194 valence electrons. The molecule has 0 spiro atoms. The Morgan fingerprint density at radius 1 is 1.13 bits per heavy atom. The number of amides is 1. The van der Waals surface area contributed by atoms with Gasteiger partial charge in [0, 0.05) is 47.0 Å². The van der Waals surface area contributed by atoms with E-state index in [1.807, 2.05) is 74.6 Å². The molecule has 1 amide bonds. The molecule has 0 aliphatic carbocycles. The van der Waals surface area contributed by atoms with Crippen LogP contribution in [0.5, 0.6) is 5.75 Å². The van der Waals surface area contributed by atoms with E-state index in [1.54, 1.807) is 13.3 Å². The molecule has 2 atom stereocenters. The molecule has 4 aromatic rings. The van der Waals surface area contributed by atoms with Gasteiger partial charge in [0.1, 0.15) is 11.8 Å². The topological polar surface area (TPSA) is 71.4 Å². The smallest absolute Gasteiger partial charge is 0.224 e. The zero-order valence-electron chi connectivity index (χ0n) is 21.3. The summed E-state index contributed by atoms with van der Waals surface area (Å²) in [7, 11) is 1.59. The van der Waals surface area contributed by atoms with Crippen LogP contribution in [0.25, 0.3) is 5.69 Å². The quantitative estimate of drug-likeness (QED) is 0.263. The number of hydrogen-bond donors (Lipinski definition) is 2. The minimum atomic E-state index is -0.232. The Morgan fingerprint density at radius 3 is 2.66 bits per heavy atom. The second kappa shape index (κ2) is 10.8. The maximum Gasteiger partial charge on any atom is 0.224 e. The zero-order chi connectivity index (χ0) is 26.8. The molecule has 0 saturated carbocycles. The van der Waals surface area contributed by atoms with Crippen molar-refractivity contribution in [3.8, 4) is 11.4 Å². The van der Waals surface area contributed by atoms with E-state index in [0.717, 1.165) is 33.3 Å². The first kappa shape index (κ1) is 25.8. The van der Waals surface area contributed by atoms with E-state index in [9.17, 15) is 4.79 Å². The Morgan fingerprint density at radius 2 is 1.95 bits per heavy atom. The van der Waals surface area contributed by atoms with Crippen molar-refractivity contribution >= 4 is 46.2 Å². The third kappa shape index (κ3) is 4.85. The average Bonchev–Trinajstić information content (AvgIpc) is 3.55. The molecule has 1 aliphatic rings. The van der Waals surface area contributed by atoms with E-state index >= 15 is 0 Å². The van der Waals surface area contributed by atoms with Gasteiger partial charge in [-0.1, -0.05) is 24.6 Å². The van der Waals surface area contributed by atoms with Crippen molar-refractivity contribution in [1.82, 2.24) is 14.9 Å². The molecule has 0 radical (unpaired) electrons. The fourth-order valence-electron chi connectivity index (χ4n) is 4.75. The number of carbonyl (C=O) groups is 1. The van der Waals surface area contributed by atoms with Gasteiger partial charge in [-0.25, -0.2) is 0 Å². The standard InChI is InChI=1S/C29H28ClN5O2S/c1-4-26(36)32-22-13-11-20(17-25(22)37-3)35-28(27(33-29(35)38)23-8-5-6-14-31-23)24-9-7-15-34(24)19-10-12-21(30)18(2)16-19/h5-17,27-28H,4H2,1-3H3,(H,32,36)(H,33,38)/t27-,28-/m0/s1. The van der Waals surface area contributed by atoms with Gasteiger partial charge in [0.25, 0.3) is 0 Å². The van der Waals surface area contributed by atoms with Gasteiger partial charge in [0.2, 0.25) is 5.91 Å². The van der Waals surface area contributed by atoms with Crippen LogP contribution in [0.3, 0.4) is 0 Å². The molecule has 2 aromatic carbocycles. The van der Waals surface area contributed by atoms with Gasteiger partial charge in [-0.05, 0) is 79.3 Å². The zero-order valence-corrected chi connectivity index (χ0v) is 22.9. The van der Waals surface area contributed by atoms with Crippen LogP contribution >= 0.6 is 23.8 Å². The van der Waals surface area contributed by atoms with Crippen LogP contribution in [0, 0.1) is 6.92 Å². The van der Waals surface area contributed by atoms with Crippen LogP contribution < -0.4 is 20.3 Å². The number of methoxy groups -OCH3 is 1. The SMILES string of the molecule is CCC(=O)Nc1ccc(N2C(=S)N[C@@H](c3ccccn3)[C@@H]2c2cccn2-c2ccc(Cl)c(C)c2)cc1OC. The third-order valence-electron chi connectivity index (χ3n) is 6.66. The van der Waals surface area contributed by atoms with E-state index < -0.39 is 0 Å². The summed E-state index contributed by atoms with van der Waals surface area (Å²) >= 11 is 12.2. The number of pyridine rings is 1. The number of ether oxygens (including phenoxy) is 1. The first-order chi connectivity index (χ1) is 18.4. The summed E-state index contributed by atoms with van der Waals surface area (Å²) in [5.74, 6) is 0.467. The highest BCUT2D eigenvalue weighted by Crippen LogP contribution is 2.44. The lowest BCUT2D eigenvalue weighted by molar-refractivity contribution is -0.115. The number of thiocarbonyl (C=S) groups is 1. The van der Waals surface area contributed by atoms with E-state index in [0.29, 0.717) is 23.0 Å². The highest BCUT2D eigenvalue weighted by Gasteiger charge is 2.42. The van der Waals surface area contributed by atoms with Crippen molar-refractivity contribution in [3.63, 3.8) is 0 Å². The Kier molecular flexibility index (Phi) is 7.35. The van der Waals surface area contributed by atoms with Gasteiger partial charge >= 0.3 is 0 Å². The Balaban J connectivity index is 1.63. The monoisotopic (exact) mass is 545 g/mol. The lowest BCUT2D eigenvalue weighted by atomic mass is 10.0. The largest absolute Gasteiger partial charge is 0.494 e. The molecular weight excluding hydrogens is 518 g/mol. The highest BCUT2D eigenvalue weighted by molar-refractivity contribution is 7.80. The number of rotatable bonds is 7. The van der Waals surface area contributed by atoms with Crippen molar-refractivity contribution in [2.75, 3.05) is 17.3 Å². The highest BCUT2D eigenvalue weighted by atomic mass is 35.5. The molecule has 2 aromatic heterocycles. The summed E-state index contributed by atoms with van der Waals surface area (Å²) in [6.07, 6.45) is 4.20. The lowest BCUT2D eigenvalue weighted by Gasteiger charge is -2.29. The molecule has 2 N–H and O–H groups in total. The molecule has 38 heavy (non-hydrogen) atoms. The van der Waals surface area contributed by atoms with Crippen LogP contribution in [-0.4, -0.2) is 27.7 Å². The van der Waals surface area contributed by atoms with Gasteiger partial charge in [-0.15, -0.1) is 0 Å². The first-order valence-electron chi connectivity index (χ1n) is 12.3. The van der Waals surface area contributed by atoms with Crippen LogP contribution in [0.2, 0.25) is 5.02 Å². The van der Waals surface area contributed by atoms with E-state index in [-0.39, 0.29) is 18.0 Å². The molecule has 1 aliphatic heterocycles. The third-order valence-corrected chi connectivity index (χ3v) is 7.40. The molecule has 5 rings (SSSR count). The summed E-state index contributed by atoms with van der Waals surface area (Å²) in [5.41, 5.74) is 5.34. The first-order valence-corrected chi connectivity index (χ1v) is 13.1. The molecule has 0 unspecified atom stereocenters. The van der Waals surface area contributed by atoms with Crippen molar-refractivity contribution in [2.45, 2.75) is 32.4 Å². The fourth-order valence-corrected chi connectivity index (χ4v) is 5.22. The molecule has 9 heteroatoms. The number of aromatic nitrogens is 2. The van der Waals surface area contributed by atoms with Crippen molar-refractivity contribution in [3.05, 3.63) is 101 Å². The minimum absolute atomic E-state index is 0.0846. The van der Waals surface area contributed by atoms with E-state index in [4.69, 9.17) is 28.6 Å². The van der Waals surface area contributed by atoms with E-state index in [1.165, 1.54) is 0 Å². The lowest BCUT2D eigenvalue weighted by Crippen LogP contribution is -2.30. The summed E-state index contributed by atoms with van der Waals surface area (Å²) in [4.78, 5) is 18.8. The molecule has 0 bridgehead atoms. The van der Waals surface area contributed by atoms with Gasteiger partial charge in [0.05, 0.1) is 24.5 Å². The minimum Gasteiger partial charge on any atom is -0.494 e. The average molecular weight is 546 g/mol. The van der Waals surface area contributed by atoms with Crippen molar-refractivity contribution in [1.29, 1.82) is 0 Å². The number of nitrogens with zero attached hydrogens (tertiary/aromatic N) is 3. The van der Waals surface area contributed by atoms with Gasteiger partial charge in [-0.2, -0.15) is 0 Å². The summed E-state index contributed by atoms with van der Waals surface area (Å²) < 4.78 is 7.80. The van der Waals surface area contributed by atoms with Crippen LogP contribution in [0.15, 0.2) is 79.1 Å². The number of benzene rings is 2. The summed E-state index contributed by atoms with van der Waals surface area (Å²) in [6, 6.07) is 21.2. The van der Waals surface area contributed by atoms with Crippen LogP contribution in [-0.2, 0) is 4.79 Å². The van der Waals surface area contributed by atoms with Crippen LogP contribution in [0.4, 0.5) is 11.4 Å². The number of hydrogen-bond acceptors (Lipinski definition) is 4. The number of carbonyl (C=O) groups excluding carboxylic acids is 1. The van der Waals surface area contributed by atoms with Crippen molar-refractivity contribution < 1.29 is 9.53 Å². The summed E-state index contributed by atoms with van der Waals surface area (Å²) in [5, 5.41) is 7.69. The maximum absolute atomic E-state index is 12.0. The van der Waals surface area contributed by atoms with Gasteiger partial charge in [-0.3, -0.25) is 9.78 Å². The Hall–Kier alpha value is -3.88. The number of aryl methyl sites for hydroxylation is 1. The fraction of sp³-hybridized carbons (Fsp3) is 0.207. The molecule has 7 nitrogen and oxygen atoms in total. The number of nitrogens with one attached hydrogen (secondary N) is 2. The predicted octanol–water partition coefficient (Wildman–Crippen LogP) is 6.37. The molecule has 1 saturated heterocycles. The van der Waals surface area contributed by atoms with Crippen LogP contribution in [0.1, 0.15) is 42.4 Å². The van der Waals surface area contributed by atoms with Crippen molar-refractivity contribution in [2.24, 2.45) is 0 Å². The van der Waals surface area contributed by atoms with Gasteiger partial charge in [0.15, 0.2) is 5.11 Å². The second-order valence-corrected chi connectivity index (χ2v) is 9.81. The Bertz CT molecular complexity index is 1490. The molecule has 3 heterocycles. The maximum atomic E-state index is 12.0. The van der Waals surface area contributed by atoms with Gasteiger partial charge < -0.3 is 24.8 Å². The normalized spacial score (nSPS) is 16.8. The Labute approximate surface area is 232 Å². The second-order valence-electron chi connectivity index (χ2n) is 9.02. The molecular formula is C29H28ClN5O2S. The predicted molar refractivity (Wildman–Crippen MR) is 155 cm³/mol. The number of anilines is 2. The molecule has 1 fully saturated rings. The summed E-state index contributed by atoms with van der Waals surface area (Å²) in [6.45, 7) is 3.81.